The smallest absolute Gasteiger partial charge is 0.0931 e. The van der Waals surface area contributed by atoms with Gasteiger partial charge in [-0.25, -0.2) is 0 Å². The van der Waals surface area contributed by atoms with Gasteiger partial charge in [-0.1, -0.05) is 0 Å². The normalized spacial score (nSPS) is 39.5. The average Bonchev–Trinajstić information content (AvgIpc) is 1.80. The van der Waals surface area contributed by atoms with Gasteiger partial charge in [-0.05, 0) is 27.7 Å². The lowest BCUT2D eigenvalue weighted by Crippen LogP contribution is -3.23. The van der Waals surface area contributed by atoms with Crippen molar-refractivity contribution in [1.82, 2.24) is 0 Å². The summed E-state index contributed by atoms with van der Waals surface area (Å²) in [6.07, 6.45) is 1.83. The first-order chi connectivity index (χ1) is 5.26. The summed E-state index contributed by atoms with van der Waals surface area (Å²) in [5.74, 6) is 0. The molecule has 0 unspecified atom stereocenters. The summed E-state index contributed by atoms with van der Waals surface area (Å²) < 4.78 is 0. The number of rotatable bonds is 0. The summed E-state index contributed by atoms with van der Waals surface area (Å²) in [7, 11) is 0. The number of nitrogens with one attached hydrogen (secondary N) is 1. The average molecular weight is 189 g/mol. The van der Waals surface area contributed by atoms with E-state index in [1.807, 2.05) is 27.7 Å². The fraction of sp³-hybridized carbons (Fsp3) is 1.00. The highest BCUT2D eigenvalue weighted by atomic mass is 32.1. The second-order valence-electron chi connectivity index (χ2n) is 5.16. The van der Waals surface area contributed by atoms with Crippen LogP contribution in [0.3, 0.4) is 0 Å². The molecule has 0 aromatic carbocycles. The van der Waals surface area contributed by atoms with Crippen LogP contribution in [0.5, 0.6) is 0 Å². The highest BCUT2D eigenvalue weighted by Crippen LogP contribution is 2.26. The number of quaternary nitrogens is 1. The molecule has 12 heavy (non-hydrogen) atoms. The third-order valence-corrected chi connectivity index (χ3v) is 3.09. The maximum absolute atomic E-state index is 11.9. The predicted octanol–water partition coefficient (Wildman–Crippen LogP) is 1.02. The summed E-state index contributed by atoms with van der Waals surface area (Å²) in [4.78, 5) is 0. The molecule has 1 aliphatic rings. The lowest BCUT2D eigenvalue weighted by atomic mass is 9.82. The molecule has 0 atom stereocenters. The molecular formula is C9H19NOS. The molecular weight excluding hydrogens is 170 g/mol. The Labute approximate surface area is 80.3 Å². The summed E-state index contributed by atoms with van der Waals surface area (Å²) in [5.41, 5.74) is -0.345. The molecule has 1 N–H and O–H groups in total. The van der Waals surface area contributed by atoms with Crippen LogP contribution >= 0.6 is 12.6 Å². The van der Waals surface area contributed by atoms with E-state index in [0.717, 1.165) is 12.8 Å². The Kier molecular flexibility index (Phi) is 2.50. The SMILES string of the molecule is CC1(C)CC(S)CC(C)(C)[NH+]1[O-]. The third kappa shape index (κ3) is 1.78. The summed E-state index contributed by atoms with van der Waals surface area (Å²) >= 11 is 4.48. The number of hydroxylamine groups is 2. The topological polar surface area (TPSA) is 27.5 Å². The van der Waals surface area contributed by atoms with E-state index in [4.69, 9.17) is 0 Å². The summed E-state index contributed by atoms with van der Waals surface area (Å²) in [6.45, 7) is 8.11. The lowest BCUT2D eigenvalue weighted by Gasteiger charge is -2.53. The van der Waals surface area contributed by atoms with Crippen LogP contribution < -0.4 is 5.06 Å². The van der Waals surface area contributed by atoms with Crippen molar-refractivity contribution in [2.75, 3.05) is 0 Å². The maximum Gasteiger partial charge on any atom is 0.0931 e. The molecule has 1 aliphatic heterocycles. The molecule has 2 nitrogen and oxygen atoms in total. The van der Waals surface area contributed by atoms with Gasteiger partial charge in [-0.2, -0.15) is 12.6 Å². The van der Waals surface area contributed by atoms with Gasteiger partial charge in [0.15, 0.2) is 0 Å². The van der Waals surface area contributed by atoms with E-state index in [1.165, 1.54) is 0 Å². The van der Waals surface area contributed by atoms with Crippen molar-refractivity contribution >= 4 is 12.6 Å². The van der Waals surface area contributed by atoms with Gasteiger partial charge in [0, 0.05) is 18.1 Å². The minimum Gasteiger partial charge on any atom is -0.634 e. The molecule has 0 aromatic heterocycles. The van der Waals surface area contributed by atoms with Gasteiger partial charge in [-0.3, -0.25) is 0 Å². The first-order valence-electron chi connectivity index (χ1n) is 4.49. The Balaban J connectivity index is 2.84. The van der Waals surface area contributed by atoms with Crippen LogP contribution in [0.15, 0.2) is 0 Å². The van der Waals surface area contributed by atoms with Crippen molar-refractivity contribution in [3.8, 4) is 0 Å². The van der Waals surface area contributed by atoms with Crippen molar-refractivity contribution in [3.63, 3.8) is 0 Å². The van der Waals surface area contributed by atoms with Crippen LogP contribution in [-0.2, 0) is 0 Å². The number of piperidine rings is 1. The quantitative estimate of drug-likeness (QED) is 0.432. The van der Waals surface area contributed by atoms with Gasteiger partial charge in [0.2, 0.25) is 0 Å². The second kappa shape index (κ2) is 2.89. The van der Waals surface area contributed by atoms with Crippen LogP contribution in [-0.4, -0.2) is 16.3 Å². The van der Waals surface area contributed by atoms with Gasteiger partial charge in [0.05, 0.1) is 11.1 Å². The Morgan fingerprint density at radius 1 is 1.17 bits per heavy atom. The maximum atomic E-state index is 11.9. The van der Waals surface area contributed by atoms with Gasteiger partial charge in [0.1, 0.15) is 0 Å². The molecule has 1 saturated heterocycles. The predicted molar refractivity (Wildman–Crippen MR) is 54.5 cm³/mol. The van der Waals surface area contributed by atoms with Gasteiger partial charge in [-0.15, -0.1) is 0 Å². The molecule has 72 valence electrons. The van der Waals surface area contributed by atoms with Crippen LogP contribution in [0.2, 0.25) is 0 Å². The zero-order chi connectivity index (χ0) is 9.57. The molecule has 0 amide bonds. The lowest BCUT2D eigenvalue weighted by molar-refractivity contribution is -0.954. The summed E-state index contributed by atoms with van der Waals surface area (Å²) in [5, 5.41) is 12.7. The minimum absolute atomic E-state index is 0.172. The third-order valence-electron chi connectivity index (χ3n) is 2.72. The largest absolute Gasteiger partial charge is 0.634 e. The van der Waals surface area contributed by atoms with Crippen molar-refractivity contribution in [1.29, 1.82) is 0 Å². The molecule has 0 aromatic rings. The molecule has 0 aliphatic carbocycles. The Morgan fingerprint density at radius 2 is 1.50 bits per heavy atom. The molecule has 1 rings (SSSR count). The number of hydrogen-bond donors (Lipinski definition) is 2. The van der Waals surface area contributed by atoms with Crippen LogP contribution in [0, 0.1) is 5.21 Å². The molecule has 0 spiro atoms. The summed E-state index contributed by atoms with van der Waals surface area (Å²) in [6, 6.07) is 0. The molecule has 0 bridgehead atoms. The van der Waals surface area contributed by atoms with Crippen molar-refractivity contribution in [2.45, 2.75) is 56.9 Å². The first-order valence-corrected chi connectivity index (χ1v) is 5.00. The fourth-order valence-corrected chi connectivity index (χ4v) is 3.26. The fourth-order valence-electron chi connectivity index (χ4n) is 2.35. The van der Waals surface area contributed by atoms with E-state index < -0.39 is 0 Å². The first kappa shape index (κ1) is 10.4. The van der Waals surface area contributed by atoms with E-state index in [-0.39, 0.29) is 11.1 Å². The molecule has 3 heteroatoms. The van der Waals surface area contributed by atoms with Crippen LogP contribution in [0.1, 0.15) is 40.5 Å². The highest BCUT2D eigenvalue weighted by Gasteiger charge is 2.43. The zero-order valence-electron chi connectivity index (χ0n) is 8.35. The number of hydrogen-bond acceptors (Lipinski definition) is 2. The van der Waals surface area contributed by atoms with Gasteiger partial charge < -0.3 is 10.3 Å². The van der Waals surface area contributed by atoms with Crippen molar-refractivity contribution in [3.05, 3.63) is 5.21 Å². The van der Waals surface area contributed by atoms with Crippen LogP contribution in [0.4, 0.5) is 0 Å². The van der Waals surface area contributed by atoms with E-state index in [0.29, 0.717) is 10.3 Å². The number of thiol groups is 1. The zero-order valence-corrected chi connectivity index (χ0v) is 9.24. The molecule has 0 radical (unpaired) electrons. The van der Waals surface area contributed by atoms with Gasteiger partial charge >= 0.3 is 0 Å². The Hall–Kier alpha value is 0.270. The molecule has 1 heterocycles. The monoisotopic (exact) mass is 189 g/mol. The Bertz CT molecular complexity index is 161. The van der Waals surface area contributed by atoms with E-state index in [1.54, 1.807) is 0 Å². The van der Waals surface area contributed by atoms with Crippen molar-refractivity contribution in [2.24, 2.45) is 0 Å². The van der Waals surface area contributed by atoms with Gasteiger partial charge in [0.25, 0.3) is 0 Å². The standard InChI is InChI=1S/C9H19NOS/c1-8(2)5-7(12)6-9(3,4)10(8)11/h7,10,12H,5-6H2,1-4H3. The second-order valence-corrected chi connectivity index (χ2v) is 5.89. The van der Waals surface area contributed by atoms with E-state index in [2.05, 4.69) is 12.6 Å². The van der Waals surface area contributed by atoms with E-state index >= 15 is 0 Å². The van der Waals surface area contributed by atoms with Crippen molar-refractivity contribution < 1.29 is 5.06 Å². The highest BCUT2D eigenvalue weighted by molar-refractivity contribution is 7.80. The molecule has 0 saturated carbocycles. The van der Waals surface area contributed by atoms with Crippen LogP contribution in [0.25, 0.3) is 0 Å². The Morgan fingerprint density at radius 3 is 1.83 bits per heavy atom. The minimum atomic E-state index is -0.172. The molecule has 1 fully saturated rings. The van der Waals surface area contributed by atoms with E-state index in [9.17, 15) is 5.21 Å².